The Morgan fingerprint density at radius 1 is 1.24 bits per heavy atom. The second-order valence-electron chi connectivity index (χ2n) is 6.17. The summed E-state index contributed by atoms with van der Waals surface area (Å²) < 4.78 is 37.4. The molecule has 1 aliphatic rings. The maximum atomic E-state index is 12.9. The molecule has 1 aliphatic heterocycles. The lowest BCUT2D eigenvalue weighted by Gasteiger charge is -2.26. The lowest BCUT2D eigenvalue weighted by molar-refractivity contribution is 0.0730. The van der Waals surface area contributed by atoms with Crippen molar-refractivity contribution in [1.29, 1.82) is 0 Å². The van der Waals surface area contributed by atoms with E-state index in [0.717, 1.165) is 5.56 Å². The van der Waals surface area contributed by atoms with Crippen molar-refractivity contribution in [3.63, 3.8) is 0 Å². The van der Waals surface area contributed by atoms with Crippen LogP contribution in [-0.2, 0) is 21.3 Å². The van der Waals surface area contributed by atoms with Crippen molar-refractivity contribution in [2.24, 2.45) is 0 Å². The van der Waals surface area contributed by atoms with Crippen LogP contribution in [0.25, 0.3) is 0 Å². The number of aromatic nitrogens is 1. The Morgan fingerprint density at radius 2 is 1.97 bits per heavy atom. The Balaban J connectivity index is 1.83. The molecule has 11 heteroatoms. The number of carbonyl (C=O) groups is 1. The third kappa shape index (κ3) is 4.99. The van der Waals surface area contributed by atoms with Gasteiger partial charge in [-0.15, -0.1) is 0 Å². The van der Waals surface area contributed by atoms with E-state index in [1.165, 1.54) is 23.5 Å². The van der Waals surface area contributed by atoms with Crippen molar-refractivity contribution in [1.82, 2.24) is 14.6 Å². The van der Waals surface area contributed by atoms with E-state index < -0.39 is 15.9 Å². The van der Waals surface area contributed by atoms with Crippen LogP contribution in [0.4, 0.5) is 0 Å². The molecule has 0 aliphatic carbocycles. The number of ether oxygens (including phenoxy) is 2. The molecule has 29 heavy (non-hydrogen) atoms. The molecule has 1 aromatic carbocycles. The second-order valence-corrected chi connectivity index (χ2v) is 8.89. The molecular formula is C18H19Cl2N3O5S. The molecule has 1 N–H and O–H groups in total. The fourth-order valence-corrected chi connectivity index (χ4v) is 5.02. The largest absolute Gasteiger partial charge is 0.481 e. The van der Waals surface area contributed by atoms with Crippen LogP contribution in [0.5, 0.6) is 5.88 Å². The lowest BCUT2D eigenvalue weighted by Crippen LogP contribution is -2.40. The number of amides is 1. The highest BCUT2D eigenvalue weighted by Gasteiger charge is 2.30. The highest BCUT2D eigenvalue weighted by Crippen LogP contribution is 2.31. The fraction of sp³-hybridized carbons (Fsp3) is 0.333. The van der Waals surface area contributed by atoms with E-state index in [1.54, 1.807) is 18.3 Å². The molecule has 0 saturated carbocycles. The molecule has 1 saturated heterocycles. The Hall–Kier alpha value is -1.91. The Kier molecular flexibility index (Phi) is 6.97. The minimum atomic E-state index is -3.88. The quantitative estimate of drug-likeness (QED) is 0.711. The molecule has 2 aromatic rings. The van der Waals surface area contributed by atoms with Gasteiger partial charge in [0.2, 0.25) is 15.9 Å². The maximum absolute atomic E-state index is 12.9. The van der Waals surface area contributed by atoms with Gasteiger partial charge in [-0.05, 0) is 23.8 Å². The molecule has 8 nitrogen and oxygen atoms in total. The second kappa shape index (κ2) is 9.27. The lowest BCUT2D eigenvalue weighted by atomic mass is 10.2. The molecule has 156 valence electrons. The predicted octanol–water partition coefficient (Wildman–Crippen LogP) is 2.35. The van der Waals surface area contributed by atoms with Gasteiger partial charge in [-0.2, -0.15) is 4.31 Å². The van der Waals surface area contributed by atoms with Gasteiger partial charge < -0.3 is 14.8 Å². The molecule has 0 spiro atoms. The van der Waals surface area contributed by atoms with Gasteiger partial charge in [0.25, 0.3) is 5.91 Å². The van der Waals surface area contributed by atoms with Crippen molar-refractivity contribution in [3.8, 4) is 5.88 Å². The minimum absolute atomic E-state index is 0.0175. The van der Waals surface area contributed by atoms with Crippen LogP contribution < -0.4 is 10.1 Å². The number of rotatable bonds is 6. The van der Waals surface area contributed by atoms with Crippen LogP contribution in [0, 0.1) is 0 Å². The summed E-state index contributed by atoms with van der Waals surface area (Å²) in [6.45, 7) is 1.21. The Bertz CT molecular complexity index is 1010. The van der Waals surface area contributed by atoms with Gasteiger partial charge in [0.1, 0.15) is 4.90 Å². The Labute approximate surface area is 178 Å². The third-order valence-electron chi connectivity index (χ3n) is 4.32. The number of benzene rings is 1. The highest BCUT2D eigenvalue weighted by molar-refractivity contribution is 7.89. The third-order valence-corrected chi connectivity index (χ3v) is 6.99. The summed E-state index contributed by atoms with van der Waals surface area (Å²) in [6.07, 6.45) is 1.56. The molecule has 0 unspecified atom stereocenters. The predicted molar refractivity (Wildman–Crippen MR) is 108 cm³/mol. The zero-order valence-corrected chi connectivity index (χ0v) is 17.9. The van der Waals surface area contributed by atoms with Gasteiger partial charge in [-0.1, -0.05) is 23.2 Å². The number of carbonyl (C=O) groups excluding carboxylic acids is 1. The van der Waals surface area contributed by atoms with Gasteiger partial charge >= 0.3 is 0 Å². The average Bonchev–Trinajstić information content (AvgIpc) is 2.72. The summed E-state index contributed by atoms with van der Waals surface area (Å²) in [5.74, 6) is -0.110. The molecule has 2 heterocycles. The summed E-state index contributed by atoms with van der Waals surface area (Å²) in [7, 11) is -2.39. The van der Waals surface area contributed by atoms with Crippen LogP contribution in [0.1, 0.15) is 15.9 Å². The summed E-state index contributed by atoms with van der Waals surface area (Å²) in [5, 5.41) is 2.72. The van der Waals surface area contributed by atoms with Crippen LogP contribution in [-0.4, -0.2) is 57.0 Å². The van der Waals surface area contributed by atoms with E-state index in [-0.39, 0.29) is 40.1 Å². The maximum Gasteiger partial charge on any atom is 0.253 e. The number of methoxy groups -OCH3 is 1. The number of hydrogen-bond donors (Lipinski definition) is 1. The van der Waals surface area contributed by atoms with Gasteiger partial charge in [0.15, 0.2) is 0 Å². The zero-order chi connectivity index (χ0) is 21.0. The molecule has 1 aromatic heterocycles. The first-order valence-corrected chi connectivity index (χ1v) is 10.9. The van der Waals surface area contributed by atoms with Gasteiger partial charge in [-0.3, -0.25) is 4.79 Å². The first-order valence-electron chi connectivity index (χ1n) is 8.67. The molecule has 0 atom stereocenters. The topological polar surface area (TPSA) is 97.8 Å². The van der Waals surface area contributed by atoms with Crippen LogP contribution in [0.15, 0.2) is 35.4 Å². The van der Waals surface area contributed by atoms with E-state index in [0.29, 0.717) is 19.1 Å². The van der Waals surface area contributed by atoms with Crippen LogP contribution in [0.3, 0.4) is 0 Å². The van der Waals surface area contributed by atoms with Gasteiger partial charge in [-0.25, -0.2) is 13.4 Å². The van der Waals surface area contributed by atoms with Crippen LogP contribution in [0.2, 0.25) is 10.0 Å². The van der Waals surface area contributed by atoms with Crippen molar-refractivity contribution >= 4 is 39.1 Å². The van der Waals surface area contributed by atoms with Crippen LogP contribution >= 0.6 is 23.2 Å². The zero-order valence-electron chi connectivity index (χ0n) is 15.5. The monoisotopic (exact) mass is 459 g/mol. The number of halogens is 2. The first-order chi connectivity index (χ1) is 13.8. The summed E-state index contributed by atoms with van der Waals surface area (Å²) >= 11 is 12.3. The summed E-state index contributed by atoms with van der Waals surface area (Å²) in [4.78, 5) is 16.5. The molecule has 0 bridgehead atoms. The number of pyridine rings is 1. The average molecular weight is 460 g/mol. The number of morpholine rings is 1. The van der Waals surface area contributed by atoms with Crippen molar-refractivity contribution < 1.29 is 22.7 Å². The summed E-state index contributed by atoms with van der Waals surface area (Å²) in [5.41, 5.74) is 0.778. The number of nitrogens with one attached hydrogen (secondary N) is 1. The number of hydrogen-bond acceptors (Lipinski definition) is 6. The van der Waals surface area contributed by atoms with E-state index >= 15 is 0 Å². The highest BCUT2D eigenvalue weighted by atomic mass is 35.5. The van der Waals surface area contributed by atoms with Crippen molar-refractivity contribution in [2.75, 3.05) is 33.4 Å². The fourth-order valence-electron chi connectivity index (χ4n) is 2.78. The molecule has 1 fully saturated rings. The van der Waals surface area contributed by atoms with E-state index in [9.17, 15) is 13.2 Å². The Morgan fingerprint density at radius 3 is 2.66 bits per heavy atom. The molecule has 1 amide bonds. The minimum Gasteiger partial charge on any atom is -0.481 e. The van der Waals surface area contributed by atoms with Crippen molar-refractivity contribution in [2.45, 2.75) is 11.4 Å². The standard InChI is InChI=1S/C18H19Cl2N3O5S/c1-27-17-8-12(2-3-21-17)11-22-18(24)13-9-16(15(20)10-14(13)19)29(25,26)23-4-6-28-7-5-23/h2-3,8-10H,4-7,11H2,1H3,(H,22,24). The molecule has 3 rings (SSSR count). The van der Waals surface area contributed by atoms with Gasteiger partial charge in [0.05, 0.1) is 35.9 Å². The number of nitrogens with zero attached hydrogens (tertiary/aromatic N) is 2. The van der Waals surface area contributed by atoms with Crippen molar-refractivity contribution in [3.05, 3.63) is 51.6 Å². The van der Waals surface area contributed by atoms with E-state index in [2.05, 4.69) is 10.3 Å². The molecular weight excluding hydrogens is 441 g/mol. The van der Waals surface area contributed by atoms with Gasteiger partial charge in [0, 0.05) is 31.9 Å². The SMILES string of the molecule is COc1cc(CNC(=O)c2cc(S(=O)(=O)N3CCOCC3)c(Cl)cc2Cl)ccn1. The summed E-state index contributed by atoms with van der Waals surface area (Å²) in [6, 6.07) is 5.87. The smallest absolute Gasteiger partial charge is 0.253 e. The first kappa shape index (κ1) is 21.8. The number of sulfonamides is 1. The molecule has 0 radical (unpaired) electrons. The normalized spacial score (nSPS) is 15.1. The van der Waals surface area contributed by atoms with E-state index in [4.69, 9.17) is 32.7 Å². The van der Waals surface area contributed by atoms with E-state index in [1.807, 2.05) is 0 Å².